The molecule has 34 heavy (non-hydrogen) atoms. The van der Waals surface area contributed by atoms with Crippen LogP contribution in [-0.2, 0) is 6.18 Å². The molecule has 0 spiro atoms. The van der Waals surface area contributed by atoms with E-state index >= 15 is 0 Å². The minimum Gasteiger partial charge on any atom is -0.322 e. The average Bonchev–Trinajstić information content (AvgIpc) is 2.84. The van der Waals surface area contributed by atoms with E-state index in [4.69, 9.17) is 0 Å². The largest absolute Gasteiger partial charge is 0.417 e. The number of alkyl halides is 3. The van der Waals surface area contributed by atoms with Crippen LogP contribution in [0.1, 0.15) is 26.3 Å². The summed E-state index contributed by atoms with van der Waals surface area (Å²) in [6, 6.07) is 23.5. The van der Waals surface area contributed by atoms with Gasteiger partial charge in [0.05, 0.1) is 11.1 Å². The summed E-state index contributed by atoms with van der Waals surface area (Å²) in [4.78, 5) is 29.4. The summed E-state index contributed by atoms with van der Waals surface area (Å²) in [6.07, 6.45) is -3.03. The second kappa shape index (κ2) is 9.58. The first-order valence-corrected chi connectivity index (χ1v) is 10.2. The van der Waals surface area contributed by atoms with Crippen LogP contribution in [0, 0.1) is 0 Å². The molecule has 0 radical (unpaired) electrons. The van der Waals surface area contributed by atoms with Gasteiger partial charge < -0.3 is 10.6 Å². The number of aromatic nitrogens is 1. The van der Waals surface area contributed by atoms with Crippen molar-refractivity contribution >= 4 is 23.3 Å². The van der Waals surface area contributed by atoms with Gasteiger partial charge in [0.1, 0.15) is 5.82 Å². The fraction of sp³-hybridized carbons (Fsp3) is 0.0385. The second-order valence-electron chi connectivity index (χ2n) is 7.33. The Kier molecular flexibility index (Phi) is 6.40. The Balaban J connectivity index is 1.46. The molecule has 0 bridgehead atoms. The van der Waals surface area contributed by atoms with Gasteiger partial charge in [-0.25, -0.2) is 4.98 Å². The summed E-state index contributed by atoms with van der Waals surface area (Å²) in [5.74, 6) is -1.08. The van der Waals surface area contributed by atoms with Gasteiger partial charge >= 0.3 is 6.18 Å². The van der Waals surface area contributed by atoms with Gasteiger partial charge in [0.25, 0.3) is 11.8 Å². The molecule has 2 amide bonds. The van der Waals surface area contributed by atoms with Crippen molar-refractivity contribution in [2.45, 2.75) is 6.18 Å². The van der Waals surface area contributed by atoms with Crippen molar-refractivity contribution in [3.63, 3.8) is 0 Å². The van der Waals surface area contributed by atoms with E-state index in [0.717, 1.165) is 23.3 Å². The van der Waals surface area contributed by atoms with Crippen LogP contribution >= 0.6 is 0 Å². The first kappa shape index (κ1) is 22.7. The molecule has 0 saturated heterocycles. The summed E-state index contributed by atoms with van der Waals surface area (Å²) >= 11 is 0. The quantitative estimate of drug-likeness (QED) is 0.368. The summed E-state index contributed by atoms with van der Waals surface area (Å²) in [5, 5.41) is 5.09. The van der Waals surface area contributed by atoms with Gasteiger partial charge in [0.2, 0.25) is 0 Å². The zero-order valence-corrected chi connectivity index (χ0v) is 17.6. The topological polar surface area (TPSA) is 71.1 Å². The lowest BCUT2D eigenvalue weighted by atomic mass is 10.1. The van der Waals surface area contributed by atoms with E-state index in [1.165, 1.54) is 36.4 Å². The molecule has 1 aromatic heterocycles. The lowest BCUT2D eigenvalue weighted by Gasteiger charge is -2.13. The summed E-state index contributed by atoms with van der Waals surface area (Å²) in [6.45, 7) is 0. The van der Waals surface area contributed by atoms with Crippen LogP contribution < -0.4 is 10.6 Å². The number of nitrogens with one attached hydrogen (secondary N) is 2. The zero-order chi connectivity index (χ0) is 24.1. The molecule has 3 aromatic carbocycles. The van der Waals surface area contributed by atoms with Crippen LogP contribution in [-0.4, -0.2) is 16.8 Å². The molecule has 0 saturated carbocycles. The summed E-state index contributed by atoms with van der Waals surface area (Å²) in [7, 11) is 0. The minimum absolute atomic E-state index is 0.182. The maximum absolute atomic E-state index is 13.2. The van der Waals surface area contributed by atoms with Crippen LogP contribution in [0.3, 0.4) is 0 Å². The number of hydrogen-bond acceptors (Lipinski definition) is 3. The molecular formula is C26H18F3N3O2. The van der Waals surface area contributed by atoms with Crippen LogP contribution in [0.15, 0.2) is 97.2 Å². The standard InChI is InChI=1S/C26H18F3N3O2/c27-26(28,29)22-12-5-4-11-21(22)25(34)31-20-10-6-9-18(15-20)24(33)32-23-14-13-19(16-30-23)17-7-2-1-3-8-17/h1-16H,(H,31,34)(H,30,32,33). The third-order valence-electron chi connectivity index (χ3n) is 4.97. The number of hydrogen-bond donors (Lipinski definition) is 2. The number of amides is 2. The Bertz CT molecular complexity index is 1320. The Labute approximate surface area is 193 Å². The van der Waals surface area contributed by atoms with Crippen LogP contribution in [0.5, 0.6) is 0 Å². The molecule has 0 aliphatic heterocycles. The molecule has 4 aromatic rings. The molecule has 0 aliphatic rings. The molecule has 1 heterocycles. The predicted molar refractivity (Wildman–Crippen MR) is 123 cm³/mol. The first-order chi connectivity index (χ1) is 16.3. The molecule has 4 rings (SSSR count). The molecule has 170 valence electrons. The highest BCUT2D eigenvalue weighted by Crippen LogP contribution is 2.32. The number of nitrogens with zero attached hydrogens (tertiary/aromatic N) is 1. The van der Waals surface area contributed by atoms with E-state index in [2.05, 4.69) is 15.6 Å². The smallest absolute Gasteiger partial charge is 0.322 e. The van der Waals surface area contributed by atoms with Gasteiger partial charge in [-0.2, -0.15) is 13.2 Å². The number of carbonyl (C=O) groups excluding carboxylic acids is 2. The average molecular weight is 461 g/mol. The molecular weight excluding hydrogens is 443 g/mol. The highest BCUT2D eigenvalue weighted by atomic mass is 19.4. The van der Waals surface area contributed by atoms with Gasteiger partial charge in [0, 0.05) is 23.0 Å². The van der Waals surface area contributed by atoms with Crippen molar-refractivity contribution in [3.8, 4) is 11.1 Å². The normalized spacial score (nSPS) is 11.0. The van der Waals surface area contributed by atoms with Crippen LogP contribution in [0.2, 0.25) is 0 Å². The summed E-state index contributed by atoms with van der Waals surface area (Å²) in [5.41, 5.74) is 0.725. The predicted octanol–water partition coefficient (Wildman–Crippen LogP) is 6.27. The molecule has 5 nitrogen and oxygen atoms in total. The lowest BCUT2D eigenvalue weighted by Crippen LogP contribution is -2.19. The lowest BCUT2D eigenvalue weighted by molar-refractivity contribution is -0.137. The van der Waals surface area contributed by atoms with Crippen LogP contribution in [0.25, 0.3) is 11.1 Å². The molecule has 8 heteroatoms. The third-order valence-corrected chi connectivity index (χ3v) is 4.97. The van der Waals surface area contributed by atoms with E-state index in [1.54, 1.807) is 12.3 Å². The van der Waals surface area contributed by atoms with E-state index in [1.807, 2.05) is 36.4 Å². The minimum atomic E-state index is -4.67. The number of benzene rings is 3. The Hall–Kier alpha value is -4.46. The Morgan fingerprint density at radius 2 is 1.44 bits per heavy atom. The second-order valence-corrected chi connectivity index (χ2v) is 7.33. The number of pyridine rings is 1. The molecule has 2 N–H and O–H groups in total. The molecule has 0 aliphatic carbocycles. The van der Waals surface area contributed by atoms with Crippen molar-refractivity contribution < 1.29 is 22.8 Å². The van der Waals surface area contributed by atoms with Crippen molar-refractivity contribution in [2.24, 2.45) is 0 Å². The number of rotatable bonds is 5. The van der Waals surface area contributed by atoms with Gasteiger partial charge in [-0.1, -0.05) is 48.5 Å². The number of halogens is 3. The van der Waals surface area contributed by atoms with E-state index in [0.29, 0.717) is 5.82 Å². The highest BCUT2D eigenvalue weighted by molar-refractivity contribution is 6.07. The van der Waals surface area contributed by atoms with Crippen molar-refractivity contribution in [3.05, 3.63) is 114 Å². The fourth-order valence-corrected chi connectivity index (χ4v) is 3.32. The van der Waals surface area contributed by atoms with Crippen molar-refractivity contribution in [1.29, 1.82) is 0 Å². The van der Waals surface area contributed by atoms with Gasteiger partial charge in [-0.3, -0.25) is 9.59 Å². The van der Waals surface area contributed by atoms with Gasteiger partial charge in [0.15, 0.2) is 0 Å². The number of anilines is 2. The van der Waals surface area contributed by atoms with Crippen molar-refractivity contribution in [1.82, 2.24) is 4.98 Å². The first-order valence-electron chi connectivity index (χ1n) is 10.2. The molecule has 0 atom stereocenters. The maximum atomic E-state index is 13.2. The Morgan fingerprint density at radius 3 is 2.15 bits per heavy atom. The maximum Gasteiger partial charge on any atom is 0.417 e. The summed E-state index contributed by atoms with van der Waals surface area (Å²) < 4.78 is 39.6. The van der Waals surface area contributed by atoms with E-state index in [-0.39, 0.29) is 11.3 Å². The van der Waals surface area contributed by atoms with Gasteiger partial charge in [-0.15, -0.1) is 0 Å². The van der Waals surface area contributed by atoms with E-state index in [9.17, 15) is 22.8 Å². The third kappa shape index (κ3) is 5.29. The van der Waals surface area contributed by atoms with E-state index < -0.39 is 29.1 Å². The van der Waals surface area contributed by atoms with Crippen molar-refractivity contribution in [2.75, 3.05) is 10.6 Å². The monoisotopic (exact) mass is 461 g/mol. The highest BCUT2D eigenvalue weighted by Gasteiger charge is 2.34. The molecule has 0 unspecified atom stereocenters. The van der Waals surface area contributed by atoms with Gasteiger partial charge in [-0.05, 0) is 48.0 Å². The SMILES string of the molecule is O=C(Nc1ccc(-c2ccccc2)cn1)c1cccc(NC(=O)c2ccccc2C(F)(F)F)c1. The fourth-order valence-electron chi connectivity index (χ4n) is 3.32. The molecule has 0 fully saturated rings. The number of carbonyl (C=O) groups is 2. The zero-order valence-electron chi connectivity index (χ0n) is 17.6. The Morgan fingerprint density at radius 1 is 0.706 bits per heavy atom. The van der Waals surface area contributed by atoms with Crippen LogP contribution in [0.4, 0.5) is 24.7 Å².